The average Bonchev–Trinajstić information content (AvgIpc) is 2.36. The maximum Gasteiger partial charge on any atom is 0.224 e. The first-order chi connectivity index (χ1) is 8.88. The molecule has 1 aromatic rings. The zero-order valence-corrected chi connectivity index (χ0v) is 12.7. The van der Waals surface area contributed by atoms with Crippen LogP contribution in [0.2, 0.25) is 0 Å². The van der Waals surface area contributed by atoms with E-state index in [1.165, 1.54) is 0 Å². The van der Waals surface area contributed by atoms with E-state index in [4.69, 9.17) is 18.0 Å². The molecule has 0 heterocycles. The summed E-state index contributed by atoms with van der Waals surface area (Å²) < 4.78 is 0. The van der Waals surface area contributed by atoms with Crippen LogP contribution in [0.3, 0.4) is 0 Å². The normalized spacial score (nSPS) is 11.8. The van der Waals surface area contributed by atoms with Crippen LogP contribution in [-0.2, 0) is 4.79 Å². The number of hydrogen-bond donors (Lipinski definition) is 2. The molecule has 0 aliphatic heterocycles. The molecule has 1 unspecified atom stereocenters. The summed E-state index contributed by atoms with van der Waals surface area (Å²) in [6.07, 6.45) is 0. The number of amides is 1. The van der Waals surface area contributed by atoms with Crippen LogP contribution in [0, 0.1) is 12.8 Å². The highest BCUT2D eigenvalue weighted by Gasteiger charge is 2.17. The van der Waals surface area contributed by atoms with Crippen molar-refractivity contribution in [2.75, 3.05) is 25.5 Å². The van der Waals surface area contributed by atoms with Crippen LogP contribution in [-0.4, -0.2) is 31.5 Å². The Balaban J connectivity index is 3.02. The highest BCUT2D eigenvalue weighted by Crippen LogP contribution is 2.25. The molecule has 0 saturated heterocycles. The van der Waals surface area contributed by atoms with Crippen LogP contribution >= 0.6 is 12.2 Å². The summed E-state index contributed by atoms with van der Waals surface area (Å²) in [4.78, 5) is 14.0. The quantitative estimate of drug-likeness (QED) is 0.801. The number of carbonyl (C=O) groups is 1. The molecular weight excluding hydrogens is 258 g/mol. The topological polar surface area (TPSA) is 58.4 Å². The Hall–Kier alpha value is -1.62. The monoisotopic (exact) mass is 279 g/mol. The van der Waals surface area contributed by atoms with Crippen molar-refractivity contribution in [3.05, 3.63) is 29.3 Å². The van der Waals surface area contributed by atoms with Gasteiger partial charge >= 0.3 is 0 Å². The van der Waals surface area contributed by atoms with E-state index in [1.807, 2.05) is 44.0 Å². The lowest BCUT2D eigenvalue weighted by atomic mass is 10.0. The number of carbonyl (C=O) groups excluding carboxylic acids is 1. The van der Waals surface area contributed by atoms with Crippen molar-refractivity contribution in [1.82, 2.24) is 5.32 Å². The molecule has 1 rings (SSSR count). The molecule has 5 heteroatoms. The maximum atomic E-state index is 11.6. The molecule has 0 bridgehead atoms. The number of nitrogens with zero attached hydrogens (tertiary/aromatic N) is 1. The number of thiocarbonyl (C=S) groups is 1. The summed E-state index contributed by atoms with van der Waals surface area (Å²) >= 11 is 5.09. The molecule has 1 atom stereocenters. The Morgan fingerprint density at radius 3 is 2.68 bits per heavy atom. The molecule has 0 spiro atoms. The molecule has 0 saturated carbocycles. The lowest BCUT2D eigenvalue weighted by Gasteiger charge is -2.26. The third-order valence-corrected chi connectivity index (χ3v) is 3.35. The van der Waals surface area contributed by atoms with Gasteiger partial charge in [-0.05, 0) is 18.6 Å². The van der Waals surface area contributed by atoms with Crippen molar-refractivity contribution < 1.29 is 4.79 Å². The van der Waals surface area contributed by atoms with Gasteiger partial charge in [-0.2, -0.15) is 0 Å². The van der Waals surface area contributed by atoms with Gasteiger partial charge in [0.25, 0.3) is 0 Å². The van der Waals surface area contributed by atoms with E-state index in [9.17, 15) is 4.79 Å². The summed E-state index contributed by atoms with van der Waals surface area (Å²) in [6.45, 7) is 4.52. The van der Waals surface area contributed by atoms with E-state index in [2.05, 4.69) is 5.32 Å². The molecular formula is C14H21N3OS. The number of benzene rings is 1. The minimum atomic E-state index is -0.103. The second-order valence-corrected chi connectivity index (χ2v) is 5.17. The standard InChI is InChI=1S/C14H21N3OS/c1-9-6-5-7-11(13(15)19)12(9)17(4)8-10(2)14(18)16-3/h5-7,10H,8H2,1-4H3,(H2,15,19)(H,16,18). The Morgan fingerprint density at radius 2 is 2.16 bits per heavy atom. The SMILES string of the molecule is CNC(=O)C(C)CN(C)c1c(C)cccc1C(N)=S. The molecule has 0 aromatic heterocycles. The van der Waals surface area contributed by atoms with Gasteiger partial charge in [0.05, 0.1) is 5.92 Å². The molecule has 104 valence electrons. The van der Waals surface area contributed by atoms with Gasteiger partial charge in [-0.1, -0.05) is 31.3 Å². The molecule has 0 aliphatic rings. The third kappa shape index (κ3) is 3.67. The van der Waals surface area contributed by atoms with Gasteiger partial charge in [-0.25, -0.2) is 0 Å². The van der Waals surface area contributed by atoms with E-state index in [0.717, 1.165) is 16.8 Å². The summed E-state index contributed by atoms with van der Waals surface area (Å²) in [5.74, 6) is -0.0777. The molecule has 0 radical (unpaired) electrons. The Kier molecular flexibility index (Phi) is 5.30. The lowest BCUT2D eigenvalue weighted by Crippen LogP contribution is -2.35. The highest BCUT2D eigenvalue weighted by atomic mass is 32.1. The van der Waals surface area contributed by atoms with Crippen LogP contribution < -0.4 is 16.0 Å². The van der Waals surface area contributed by atoms with Gasteiger partial charge in [0, 0.05) is 31.9 Å². The van der Waals surface area contributed by atoms with Gasteiger partial charge < -0.3 is 16.0 Å². The van der Waals surface area contributed by atoms with E-state index in [-0.39, 0.29) is 11.8 Å². The fourth-order valence-electron chi connectivity index (χ4n) is 2.20. The number of nitrogens with one attached hydrogen (secondary N) is 1. The summed E-state index contributed by atoms with van der Waals surface area (Å²) in [5.41, 5.74) is 8.70. The second-order valence-electron chi connectivity index (χ2n) is 4.73. The predicted molar refractivity (Wildman–Crippen MR) is 83.6 cm³/mol. The molecule has 3 N–H and O–H groups in total. The molecule has 1 aromatic carbocycles. The van der Waals surface area contributed by atoms with Crippen LogP contribution in [0.15, 0.2) is 18.2 Å². The highest BCUT2D eigenvalue weighted by molar-refractivity contribution is 7.80. The van der Waals surface area contributed by atoms with Crippen molar-refractivity contribution in [3.63, 3.8) is 0 Å². The molecule has 0 aliphatic carbocycles. The first kappa shape index (κ1) is 15.4. The lowest BCUT2D eigenvalue weighted by molar-refractivity contribution is -0.123. The van der Waals surface area contributed by atoms with Gasteiger partial charge in [-0.3, -0.25) is 4.79 Å². The average molecular weight is 279 g/mol. The number of hydrogen-bond acceptors (Lipinski definition) is 3. The fourth-order valence-corrected chi connectivity index (χ4v) is 2.36. The van der Waals surface area contributed by atoms with E-state index in [1.54, 1.807) is 7.05 Å². The molecule has 1 amide bonds. The predicted octanol–water partition coefficient (Wildman–Crippen LogP) is 1.45. The van der Waals surface area contributed by atoms with E-state index < -0.39 is 0 Å². The second kappa shape index (κ2) is 6.52. The Labute approximate surface area is 120 Å². The number of aryl methyl sites for hydroxylation is 1. The zero-order valence-electron chi connectivity index (χ0n) is 11.9. The number of para-hydroxylation sites is 1. The molecule has 4 nitrogen and oxygen atoms in total. The van der Waals surface area contributed by atoms with E-state index in [0.29, 0.717) is 11.5 Å². The van der Waals surface area contributed by atoms with Gasteiger partial charge in [0.1, 0.15) is 4.99 Å². The third-order valence-electron chi connectivity index (χ3n) is 3.13. The van der Waals surface area contributed by atoms with Gasteiger partial charge in [-0.15, -0.1) is 0 Å². The van der Waals surface area contributed by atoms with Gasteiger partial charge in [0.2, 0.25) is 5.91 Å². The fraction of sp³-hybridized carbons (Fsp3) is 0.429. The summed E-state index contributed by atoms with van der Waals surface area (Å²) in [6, 6.07) is 5.85. The maximum absolute atomic E-state index is 11.6. The van der Waals surface area contributed by atoms with Gasteiger partial charge in [0.15, 0.2) is 0 Å². The van der Waals surface area contributed by atoms with Crippen LogP contribution in [0.25, 0.3) is 0 Å². The Morgan fingerprint density at radius 1 is 1.53 bits per heavy atom. The first-order valence-electron chi connectivity index (χ1n) is 6.20. The number of nitrogens with two attached hydrogens (primary N) is 1. The van der Waals surface area contributed by atoms with Crippen LogP contribution in [0.1, 0.15) is 18.1 Å². The smallest absolute Gasteiger partial charge is 0.224 e. The van der Waals surface area contributed by atoms with Crippen molar-refractivity contribution in [2.24, 2.45) is 11.7 Å². The van der Waals surface area contributed by atoms with Crippen molar-refractivity contribution in [1.29, 1.82) is 0 Å². The van der Waals surface area contributed by atoms with Crippen molar-refractivity contribution in [3.8, 4) is 0 Å². The number of anilines is 1. The van der Waals surface area contributed by atoms with Crippen molar-refractivity contribution in [2.45, 2.75) is 13.8 Å². The van der Waals surface area contributed by atoms with E-state index >= 15 is 0 Å². The van der Waals surface area contributed by atoms with Crippen LogP contribution in [0.4, 0.5) is 5.69 Å². The molecule has 19 heavy (non-hydrogen) atoms. The number of rotatable bonds is 5. The minimum Gasteiger partial charge on any atom is -0.389 e. The largest absolute Gasteiger partial charge is 0.389 e. The van der Waals surface area contributed by atoms with Crippen molar-refractivity contribution >= 4 is 28.8 Å². The first-order valence-corrected chi connectivity index (χ1v) is 6.61. The Bertz CT molecular complexity index is 488. The minimum absolute atomic E-state index is 0.0253. The van der Waals surface area contributed by atoms with Crippen LogP contribution in [0.5, 0.6) is 0 Å². The molecule has 0 fully saturated rings. The summed E-state index contributed by atoms with van der Waals surface area (Å²) in [5, 5.41) is 2.66. The summed E-state index contributed by atoms with van der Waals surface area (Å²) in [7, 11) is 3.59. The zero-order chi connectivity index (χ0) is 14.6.